The van der Waals surface area contributed by atoms with Gasteiger partial charge in [0.15, 0.2) is 0 Å². The van der Waals surface area contributed by atoms with E-state index in [4.69, 9.17) is 4.74 Å². The Labute approximate surface area is 162 Å². The molecule has 9 heteroatoms. The predicted molar refractivity (Wildman–Crippen MR) is 103 cm³/mol. The number of carbonyl (C=O) groups excluding carboxylic acids is 1. The van der Waals surface area contributed by atoms with Gasteiger partial charge in [0.1, 0.15) is 23.5 Å². The van der Waals surface area contributed by atoms with Crippen molar-refractivity contribution in [3.8, 4) is 5.75 Å². The lowest BCUT2D eigenvalue weighted by molar-refractivity contribution is -0.142. The number of aliphatic carboxylic acids is 2. The molecule has 1 aromatic heterocycles. The third-order valence-corrected chi connectivity index (χ3v) is 4.24. The molecule has 0 saturated carbocycles. The van der Waals surface area contributed by atoms with Crippen LogP contribution in [-0.4, -0.2) is 58.8 Å². The minimum absolute atomic E-state index is 0.0703. The van der Waals surface area contributed by atoms with Crippen LogP contribution in [0.5, 0.6) is 5.75 Å². The molecular formula is C19H25N3O6. The van der Waals surface area contributed by atoms with Gasteiger partial charge in [-0.3, -0.25) is 19.7 Å². The summed E-state index contributed by atoms with van der Waals surface area (Å²) in [7, 11) is 1.55. The Morgan fingerprint density at radius 1 is 1.11 bits per heavy atom. The van der Waals surface area contributed by atoms with Crippen LogP contribution in [0, 0.1) is 5.92 Å². The Hall–Kier alpha value is -3.07. The highest BCUT2D eigenvalue weighted by Gasteiger charge is 2.27. The van der Waals surface area contributed by atoms with Crippen molar-refractivity contribution >= 4 is 28.7 Å². The summed E-state index contributed by atoms with van der Waals surface area (Å²) in [6, 6.07) is 4.69. The second-order valence-electron chi connectivity index (χ2n) is 6.92. The van der Waals surface area contributed by atoms with Crippen molar-refractivity contribution in [2.45, 2.75) is 32.4 Å². The number of hydrogen-bond donors (Lipinski definition) is 5. The van der Waals surface area contributed by atoms with Gasteiger partial charge in [0.25, 0.3) is 5.91 Å². The lowest BCUT2D eigenvalue weighted by Gasteiger charge is -2.21. The second-order valence-corrected chi connectivity index (χ2v) is 6.92. The van der Waals surface area contributed by atoms with Gasteiger partial charge in [-0.25, -0.2) is 0 Å². The van der Waals surface area contributed by atoms with Crippen molar-refractivity contribution in [1.29, 1.82) is 0 Å². The zero-order valence-corrected chi connectivity index (χ0v) is 16.0. The summed E-state index contributed by atoms with van der Waals surface area (Å²) in [5, 5.41) is 24.5. The molecule has 0 unspecified atom stereocenters. The van der Waals surface area contributed by atoms with Gasteiger partial charge in [-0.1, -0.05) is 13.8 Å². The van der Waals surface area contributed by atoms with Gasteiger partial charge in [0, 0.05) is 17.4 Å². The number of carboxylic acids is 2. The number of aromatic amines is 1. The molecule has 2 rings (SSSR count). The van der Waals surface area contributed by atoms with E-state index < -0.39 is 29.9 Å². The van der Waals surface area contributed by atoms with Crippen LogP contribution in [0.1, 0.15) is 30.8 Å². The lowest BCUT2D eigenvalue weighted by Crippen LogP contribution is -2.52. The first-order chi connectivity index (χ1) is 13.2. The smallest absolute Gasteiger partial charge is 0.322 e. The summed E-state index contributed by atoms with van der Waals surface area (Å²) in [5.74, 6) is -2.13. The molecule has 0 aliphatic heterocycles. The Morgan fingerprint density at radius 2 is 1.79 bits per heavy atom. The average Bonchev–Trinajstić information content (AvgIpc) is 3.06. The third kappa shape index (κ3) is 5.46. The number of benzene rings is 1. The molecule has 152 valence electrons. The largest absolute Gasteiger partial charge is 0.497 e. The molecule has 2 atom stereocenters. The monoisotopic (exact) mass is 391 g/mol. The van der Waals surface area contributed by atoms with E-state index in [0.717, 1.165) is 10.9 Å². The molecule has 28 heavy (non-hydrogen) atoms. The van der Waals surface area contributed by atoms with Gasteiger partial charge in [-0.15, -0.1) is 0 Å². The topological polar surface area (TPSA) is 141 Å². The van der Waals surface area contributed by atoms with E-state index in [9.17, 15) is 24.6 Å². The molecule has 0 aliphatic carbocycles. The van der Waals surface area contributed by atoms with Crippen LogP contribution >= 0.6 is 0 Å². The molecule has 0 saturated heterocycles. The first-order valence-corrected chi connectivity index (χ1v) is 8.88. The van der Waals surface area contributed by atoms with Gasteiger partial charge >= 0.3 is 11.9 Å². The number of amides is 1. The summed E-state index contributed by atoms with van der Waals surface area (Å²) in [5.41, 5.74) is 1.01. The summed E-state index contributed by atoms with van der Waals surface area (Å²) in [6.45, 7) is 3.44. The molecule has 0 spiro atoms. The minimum Gasteiger partial charge on any atom is -0.497 e. The number of methoxy groups -OCH3 is 1. The Morgan fingerprint density at radius 3 is 2.36 bits per heavy atom. The van der Waals surface area contributed by atoms with E-state index >= 15 is 0 Å². The Balaban J connectivity index is 2.05. The number of H-pyrrole nitrogens is 1. The molecule has 1 amide bonds. The zero-order valence-electron chi connectivity index (χ0n) is 16.0. The van der Waals surface area contributed by atoms with Gasteiger partial charge < -0.3 is 25.3 Å². The van der Waals surface area contributed by atoms with Crippen LogP contribution in [-0.2, 0) is 9.59 Å². The number of carbonyl (C=O) groups is 3. The number of ether oxygens (including phenoxy) is 1. The highest BCUT2D eigenvalue weighted by Crippen LogP contribution is 2.21. The molecular weight excluding hydrogens is 366 g/mol. The standard InChI is InChI=1S/C19H25N3O6/c1-10(2)6-15(18(24)25)22-16(19(26)27)9-20-17(23)14-8-11-7-12(28-3)4-5-13(11)21-14/h4-5,7-8,10,15-16,21-22H,6,9H2,1-3H3,(H,20,23)(H,24,25)(H,26,27)/t15-,16-/m0/s1. The number of aromatic nitrogens is 1. The van der Waals surface area contributed by atoms with Crippen molar-refractivity contribution in [1.82, 2.24) is 15.6 Å². The molecule has 0 bridgehead atoms. The van der Waals surface area contributed by atoms with Crippen LogP contribution in [0.4, 0.5) is 0 Å². The van der Waals surface area contributed by atoms with E-state index in [1.54, 1.807) is 31.4 Å². The van der Waals surface area contributed by atoms with E-state index in [1.807, 2.05) is 13.8 Å². The van der Waals surface area contributed by atoms with E-state index in [0.29, 0.717) is 5.75 Å². The van der Waals surface area contributed by atoms with Crippen LogP contribution in [0.3, 0.4) is 0 Å². The average molecular weight is 391 g/mol. The summed E-state index contributed by atoms with van der Waals surface area (Å²) >= 11 is 0. The molecule has 9 nitrogen and oxygen atoms in total. The zero-order chi connectivity index (χ0) is 20.8. The number of fused-ring (bicyclic) bond motifs is 1. The summed E-state index contributed by atoms with van der Waals surface area (Å²) in [4.78, 5) is 38.2. The SMILES string of the molecule is COc1ccc2[nH]c(C(=O)NC[C@H](N[C@@H](CC(C)C)C(=O)O)C(=O)O)cc2c1. The van der Waals surface area contributed by atoms with Crippen molar-refractivity contribution in [2.75, 3.05) is 13.7 Å². The van der Waals surface area contributed by atoms with Crippen LogP contribution in [0.15, 0.2) is 24.3 Å². The molecule has 0 aliphatic rings. The normalized spacial score (nSPS) is 13.3. The van der Waals surface area contributed by atoms with Crippen LogP contribution in [0.2, 0.25) is 0 Å². The van der Waals surface area contributed by atoms with Crippen molar-refractivity contribution in [3.63, 3.8) is 0 Å². The van der Waals surface area contributed by atoms with E-state index in [1.165, 1.54) is 0 Å². The van der Waals surface area contributed by atoms with Crippen molar-refractivity contribution < 1.29 is 29.3 Å². The maximum atomic E-state index is 12.4. The quantitative estimate of drug-likeness (QED) is 0.413. The van der Waals surface area contributed by atoms with E-state index in [-0.39, 0.29) is 24.6 Å². The third-order valence-electron chi connectivity index (χ3n) is 4.24. The highest BCUT2D eigenvalue weighted by atomic mass is 16.5. The predicted octanol–water partition coefficient (Wildman–Crippen LogP) is 1.45. The van der Waals surface area contributed by atoms with Gasteiger partial charge in [-0.05, 0) is 36.6 Å². The number of hydrogen-bond acceptors (Lipinski definition) is 5. The Bertz CT molecular complexity index is 860. The number of rotatable bonds is 10. The molecule has 5 N–H and O–H groups in total. The fourth-order valence-electron chi connectivity index (χ4n) is 2.82. The fourth-order valence-corrected chi connectivity index (χ4v) is 2.82. The molecule has 1 aromatic carbocycles. The van der Waals surface area contributed by atoms with Crippen molar-refractivity contribution in [2.24, 2.45) is 5.92 Å². The van der Waals surface area contributed by atoms with E-state index in [2.05, 4.69) is 15.6 Å². The minimum atomic E-state index is -1.24. The van der Waals surface area contributed by atoms with Gasteiger partial charge in [0.2, 0.25) is 0 Å². The first-order valence-electron chi connectivity index (χ1n) is 8.88. The van der Waals surface area contributed by atoms with Gasteiger partial charge in [-0.2, -0.15) is 0 Å². The summed E-state index contributed by atoms with van der Waals surface area (Å²) < 4.78 is 5.15. The van der Waals surface area contributed by atoms with Crippen LogP contribution < -0.4 is 15.4 Å². The maximum Gasteiger partial charge on any atom is 0.322 e. The summed E-state index contributed by atoms with van der Waals surface area (Å²) in [6.07, 6.45) is 0.275. The first kappa shape index (κ1) is 21.2. The van der Waals surface area contributed by atoms with Crippen LogP contribution in [0.25, 0.3) is 10.9 Å². The van der Waals surface area contributed by atoms with Gasteiger partial charge in [0.05, 0.1) is 7.11 Å². The molecule has 2 aromatic rings. The highest BCUT2D eigenvalue weighted by molar-refractivity contribution is 5.98. The second kappa shape index (κ2) is 9.23. The Kier molecular flexibility index (Phi) is 7.00. The number of carboxylic acid groups (broad SMARTS) is 2. The number of nitrogens with one attached hydrogen (secondary N) is 3. The molecule has 1 heterocycles. The lowest BCUT2D eigenvalue weighted by atomic mass is 10.0. The molecule has 0 radical (unpaired) electrons. The molecule has 0 fully saturated rings. The fraction of sp³-hybridized carbons (Fsp3) is 0.421. The van der Waals surface area contributed by atoms with Crippen molar-refractivity contribution in [3.05, 3.63) is 30.0 Å². The maximum absolute atomic E-state index is 12.4.